The summed E-state index contributed by atoms with van der Waals surface area (Å²) in [5, 5.41) is 8.12. The van der Waals surface area contributed by atoms with Crippen LogP contribution in [0, 0.1) is 5.82 Å². The second kappa shape index (κ2) is 6.61. The number of benzene rings is 1. The van der Waals surface area contributed by atoms with Crippen molar-refractivity contribution in [2.75, 3.05) is 19.7 Å². The number of hydrogen-bond acceptors (Lipinski definition) is 5. The first-order chi connectivity index (χ1) is 11.0. The lowest BCUT2D eigenvalue weighted by Gasteiger charge is -2.30. The van der Waals surface area contributed by atoms with Crippen LogP contribution in [-0.4, -0.2) is 51.6 Å². The quantitative estimate of drug-likeness (QED) is 0.888. The Hall–Kier alpha value is -2.03. The number of carbonyl (C=O) groups excluding carboxylic acids is 1. The summed E-state index contributed by atoms with van der Waals surface area (Å²) < 4.78 is 20.0. The number of rotatable bonds is 4. The van der Waals surface area contributed by atoms with E-state index in [2.05, 4.69) is 10.3 Å². The van der Waals surface area contributed by atoms with Gasteiger partial charge in [0.15, 0.2) is 0 Å². The van der Waals surface area contributed by atoms with Crippen LogP contribution < -0.4 is 5.73 Å². The average molecular weight is 340 g/mol. The number of carbonyl (C=O) groups is 1. The first-order valence-electron chi connectivity index (χ1n) is 7.03. The SMILES string of the molecule is NC(=O)[C@H]1CN(Cc2cn(-c3ccc(F)c(Cl)c3)nn2)CCO1. The lowest BCUT2D eigenvalue weighted by Crippen LogP contribution is -2.47. The molecule has 0 radical (unpaired) electrons. The van der Waals surface area contributed by atoms with E-state index in [-0.39, 0.29) is 5.02 Å². The highest BCUT2D eigenvalue weighted by Gasteiger charge is 2.25. The van der Waals surface area contributed by atoms with Crippen molar-refractivity contribution in [2.24, 2.45) is 5.73 Å². The van der Waals surface area contributed by atoms with Gasteiger partial charge in [-0.2, -0.15) is 0 Å². The molecule has 1 aliphatic rings. The zero-order valence-corrected chi connectivity index (χ0v) is 12.9. The van der Waals surface area contributed by atoms with Gasteiger partial charge in [-0.05, 0) is 18.2 Å². The lowest BCUT2D eigenvalue weighted by molar-refractivity contribution is -0.135. The molecule has 7 nitrogen and oxygen atoms in total. The van der Waals surface area contributed by atoms with Gasteiger partial charge in [0.2, 0.25) is 5.91 Å². The molecule has 3 rings (SSSR count). The first-order valence-corrected chi connectivity index (χ1v) is 7.40. The van der Waals surface area contributed by atoms with Gasteiger partial charge in [-0.25, -0.2) is 9.07 Å². The molecule has 1 aromatic heterocycles. The Bertz CT molecular complexity index is 723. The van der Waals surface area contributed by atoms with Crippen molar-refractivity contribution in [3.8, 4) is 5.69 Å². The van der Waals surface area contributed by atoms with Crippen LogP contribution >= 0.6 is 11.6 Å². The van der Waals surface area contributed by atoms with Crippen molar-refractivity contribution >= 4 is 17.5 Å². The normalized spacial score (nSPS) is 19.0. The van der Waals surface area contributed by atoms with Crippen molar-refractivity contribution in [3.05, 3.63) is 40.9 Å². The molecule has 122 valence electrons. The second-order valence-corrected chi connectivity index (χ2v) is 5.66. The number of nitrogens with zero attached hydrogens (tertiary/aromatic N) is 4. The smallest absolute Gasteiger partial charge is 0.247 e. The standard InChI is InChI=1S/C14H15ClFN5O2/c15-11-5-10(1-2-12(11)16)21-7-9(18-19-21)6-20-3-4-23-13(8-20)14(17)22/h1-2,5,7,13H,3-4,6,8H2,(H2,17,22)/t13-/m1/s1. The number of nitrogens with two attached hydrogens (primary N) is 1. The van der Waals surface area contributed by atoms with E-state index in [4.69, 9.17) is 22.1 Å². The molecule has 2 aromatic rings. The summed E-state index contributed by atoms with van der Waals surface area (Å²) in [6.07, 6.45) is 1.13. The lowest BCUT2D eigenvalue weighted by atomic mass is 10.2. The van der Waals surface area contributed by atoms with Gasteiger partial charge in [0.1, 0.15) is 11.9 Å². The van der Waals surface area contributed by atoms with Crippen LogP contribution in [0.5, 0.6) is 0 Å². The molecule has 0 aliphatic carbocycles. The largest absolute Gasteiger partial charge is 0.367 e. The Balaban J connectivity index is 1.69. The molecule has 0 spiro atoms. The maximum atomic E-state index is 13.2. The molecular weight excluding hydrogens is 325 g/mol. The minimum absolute atomic E-state index is 0.0250. The maximum Gasteiger partial charge on any atom is 0.247 e. The Morgan fingerprint density at radius 1 is 1.52 bits per heavy atom. The van der Waals surface area contributed by atoms with Gasteiger partial charge in [-0.15, -0.1) is 5.10 Å². The van der Waals surface area contributed by atoms with Crippen LogP contribution in [0.25, 0.3) is 5.69 Å². The van der Waals surface area contributed by atoms with Crippen LogP contribution in [0.2, 0.25) is 5.02 Å². The van der Waals surface area contributed by atoms with Crippen molar-refractivity contribution in [2.45, 2.75) is 12.6 Å². The zero-order valence-electron chi connectivity index (χ0n) is 12.2. The van der Waals surface area contributed by atoms with E-state index in [1.807, 2.05) is 4.90 Å². The number of morpholine rings is 1. The third-order valence-electron chi connectivity index (χ3n) is 3.56. The molecule has 1 saturated heterocycles. The molecule has 1 amide bonds. The molecule has 1 aliphatic heterocycles. The topological polar surface area (TPSA) is 86.3 Å². The highest BCUT2D eigenvalue weighted by molar-refractivity contribution is 6.30. The van der Waals surface area contributed by atoms with Gasteiger partial charge in [0.25, 0.3) is 0 Å². The predicted molar refractivity (Wildman–Crippen MR) is 80.5 cm³/mol. The Kier molecular flexibility index (Phi) is 4.56. The molecule has 2 heterocycles. The third-order valence-corrected chi connectivity index (χ3v) is 3.85. The number of amides is 1. The molecular formula is C14H15ClFN5O2. The van der Waals surface area contributed by atoms with Gasteiger partial charge in [-0.3, -0.25) is 9.69 Å². The molecule has 1 aromatic carbocycles. The summed E-state index contributed by atoms with van der Waals surface area (Å²) in [6, 6.07) is 4.32. The van der Waals surface area contributed by atoms with E-state index in [0.717, 1.165) is 5.69 Å². The van der Waals surface area contributed by atoms with E-state index in [0.29, 0.717) is 31.9 Å². The number of ether oxygens (including phenoxy) is 1. The Labute approximate surface area is 136 Å². The van der Waals surface area contributed by atoms with E-state index in [1.54, 1.807) is 12.3 Å². The van der Waals surface area contributed by atoms with Crippen molar-refractivity contribution in [1.29, 1.82) is 0 Å². The highest BCUT2D eigenvalue weighted by atomic mass is 35.5. The van der Waals surface area contributed by atoms with Crippen molar-refractivity contribution in [3.63, 3.8) is 0 Å². The highest BCUT2D eigenvalue weighted by Crippen LogP contribution is 2.18. The summed E-state index contributed by atoms with van der Waals surface area (Å²) in [4.78, 5) is 13.2. The predicted octanol–water partition coefficient (Wildman–Crippen LogP) is 0.746. The van der Waals surface area contributed by atoms with Gasteiger partial charge >= 0.3 is 0 Å². The van der Waals surface area contributed by atoms with Gasteiger partial charge in [-0.1, -0.05) is 16.8 Å². The van der Waals surface area contributed by atoms with Crippen LogP contribution in [-0.2, 0) is 16.1 Å². The second-order valence-electron chi connectivity index (χ2n) is 5.25. The Morgan fingerprint density at radius 2 is 2.35 bits per heavy atom. The minimum atomic E-state index is -0.602. The first kappa shape index (κ1) is 15.9. The molecule has 23 heavy (non-hydrogen) atoms. The van der Waals surface area contributed by atoms with E-state index in [1.165, 1.54) is 16.8 Å². The summed E-state index contributed by atoms with van der Waals surface area (Å²) >= 11 is 5.77. The zero-order chi connectivity index (χ0) is 16.4. The molecule has 0 saturated carbocycles. The van der Waals surface area contributed by atoms with Gasteiger partial charge in [0.05, 0.1) is 29.2 Å². The van der Waals surface area contributed by atoms with Gasteiger partial charge < -0.3 is 10.5 Å². The Morgan fingerprint density at radius 3 is 3.09 bits per heavy atom. The number of halogens is 2. The fourth-order valence-corrected chi connectivity index (χ4v) is 2.55. The molecule has 9 heteroatoms. The van der Waals surface area contributed by atoms with Crippen LogP contribution in [0.3, 0.4) is 0 Å². The van der Waals surface area contributed by atoms with E-state index in [9.17, 15) is 9.18 Å². The average Bonchev–Trinajstić information content (AvgIpc) is 2.99. The molecule has 2 N–H and O–H groups in total. The fourth-order valence-electron chi connectivity index (χ4n) is 2.37. The summed E-state index contributed by atoms with van der Waals surface area (Å²) in [7, 11) is 0. The van der Waals surface area contributed by atoms with Crippen molar-refractivity contribution in [1.82, 2.24) is 19.9 Å². The van der Waals surface area contributed by atoms with Crippen LogP contribution in [0.15, 0.2) is 24.4 Å². The fraction of sp³-hybridized carbons (Fsp3) is 0.357. The molecule has 0 unspecified atom stereocenters. The number of primary amides is 1. The van der Waals surface area contributed by atoms with E-state index >= 15 is 0 Å². The molecule has 1 atom stereocenters. The number of aromatic nitrogens is 3. The third kappa shape index (κ3) is 3.66. The summed E-state index contributed by atoms with van der Waals surface area (Å²) in [5.41, 5.74) is 6.60. The van der Waals surface area contributed by atoms with Crippen LogP contribution in [0.4, 0.5) is 4.39 Å². The molecule has 1 fully saturated rings. The van der Waals surface area contributed by atoms with E-state index < -0.39 is 17.8 Å². The number of hydrogen-bond donors (Lipinski definition) is 1. The van der Waals surface area contributed by atoms with Crippen LogP contribution in [0.1, 0.15) is 5.69 Å². The minimum Gasteiger partial charge on any atom is -0.367 e. The molecule has 0 bridgehead atoms. The maximum absolute atomic E-state index is 13.2. The van der Waals surface area contributed by atoms with Gasteiger partial charge in [0, 0.05) is 19.6 Å². The summed E-state index contributed by atoms with van der Waals surface area (Å²) in [6.45, 7) is 2.06. The monoisotopic (exact) mass is 339 g/mol. The summed E-state index contributed by atoms with van der Waals surface area (Å²) in [5.74, 6) is -0.958. The van der Waals surface area contributed by atoms with Crippen molar-refractivity contribution < 1.29 is 13.9 Å².